The van der Waals surface area contributed by atoms with E-state index in [1.807, 2.05) is 7.05 Å². The van der Waals surface area contributed by atoms with Gasteiger partial charge in [0.1, 0.15) is 11.6 Å². The van der Waals surface area contributed by atoms with Gasteiger partial charge in [-0.25, -0.2) is 0 Å². The van der Waals surface area contributed by atoms with Crippen LogP contribution >= 0.6 is 0 Å². The molecule has 1 N–H and O–H groups in total. The highest BCUT2D eigenvalue weighted by molar-refractivity contribution is 5.97. The highest BCUT2D eigenvalue weighted by atomic mass is 16.2. The molecule has 138 valence electrons. The molecule has 3 rings (SSSR count). The molecule has 1 aliphatic carbocycles. The zero-order valence-electron chi connectivity index (χ0n) is 15.8. The number of nitrogens with one attached hydrogen (secondary N) is 1. The molecule has 0 aromatic heterocycles. The fraction of sp³-hybridized carbons (Fsp3) is 0.524. The summed E-state index contributed by atoms with van der Waals surface area (Å²) in [4.78, 5) is 16.5. The summed E-state index contributed by atoms with van der Waals surface area (Å²) >= 11 is 0. The molecule has 1 unspecified atom stereocenters. The van der Waals surface area contributed by atoms with E-state index in [4.69, 9.17) is 0 Å². The molecule has 5 heteroatoms. The van der Waals surface area contributed by atoms with Crippen LogP contribution < -0.4 is 5.32 Å². The molecule has 1 atom stereocenters. The summed E-state index contributed by atoms with van der Waals surface area (Å²) in [6.07, 6.45) is 6.45. The van der Waals surface area contributed by atoms with Crippen LogP contribution in [0.1, 0.15) is 42.5 Å². The summed E-state index contributed by atoms with van der Waals surface area (Å²) < 4.78 is 0. The molecule has 2 aliphatic rings. The zero-order chi connectivity index (χ0) is 18.5. The van der Waals surface area contributed by atoms with Gasteiger partial charge < -0.3 is 15.1 Å². The third-order valence-electron chi connectivity index (χ3n) is 5.49. The number of aryl methyl sites for hydroxylation is 2. The summed E-state index contributed by atoms with van der Waals surface area (Å²) in [6, 6.07) is 8.78. The van der Waals surface area contributed by atoms with E-state index in [0.29, 0.717) is 13.1 Å². The van der Waals surface area contributed by atoms with Gasteiger partial charge >= 0.3 is 0 Å². The fourth-order valence-corrected chi connectivity index (χ4v) is 3.65. The molecule has 1 fully saturated rings. The Morgan fingerprint density at radius 2 is 1.88 bits per heavy atom. The van der Waals surface area contributed by atoms with Crippen LogP contribution in [0.15, 0.2) is 30.0 Å². The number of carbonyl (C=O) groups excluding carboxylic acids is 1. The number of nitriles is 1. The summed E-state index contributed by atoms with van der Waals surface area (Å²) in [6.45, 7) is 5.12. The molecule has 0 saturated carbocycles. The topological polar surface area (TPSA) is 59.4 Å². The lowest BCUT2D eigenvalue weighted by molar-refractivity contribution is -0.128. The third kappa shape index (κ3) is 4.25. The number of amides is 1. The number of carbonyl (C=O) groups is 1. The van der Waals surface area contributed by atoms with Crippen LogP contribution in [0.4, 0.5) is 0 Å². The van der Waals surface area contributed by atoms with Gasteiger partial charge in [-0.2, -0.15) is 5.26 Å². The Morgan fingerprint density at radius 1 is 1.19 bits per heavy atom. The molecule has 26 heavy (non-hydrogen) atoms. The van der Waals surface area contributed by atoms with E-state index in [9.17, 15) is 10.1 Å². The van der Waals surface area contributed by atoms with Crippen molar-refractivity contribution in [2.45, 2.75) is 38.6 Å². The van der Waals surface area contributed by atoms with Crippen molar-refractivity contribution in [3.05, 3.63) is 46.7 Å². The maximum absolute atomic E-state index is 12.6. The van der Waals surface area contributed by atoms with Crippen molar-refractivity contribution < 1.29 is 4.79 Å². The van der Waals surface area contributed by atoms with Crippen LogP contribution in [0.3, 0.4) is 0 Å². The van der Waals surface area contributed by atoms with Gasteiger partial charge in [-0.15, -0.1) is 0 Å². The van der Waals surface area contributed by atoms with Gasteiger partial charge in [-0.3, -0.25) is 4.79 Å². The quantitative estimate of drug-likeness (QED) is 0.668. The van der Waals surface area contributed by atoms with E-state index in [-0.39, 0.29) is 17.5 Å². The smallest absolute Gasteiger partial charge is 0.266 e. The first-order valence-electron chi connectivity index (χ1n) is 9.54. The molecule has 0 radical (unpaired) electrons. The van der Waals surface area contributed by atoms with Crippen molar-refractivity contribution >= 4 is 5.91 Å². The number of benzene rings is 1. The van der Waals surface area contributed by atoms with E-state index >= 15 is 0 Å². The Bertz CT molecular complexity index is 726. The molecule has 1 amide bonds. The average molecular weight is 352 g/mol. The second-order valence-corrected chi connectivity index (χ2v) is 7.39. The molecular weight excluding hydrogens is 324 g/mol. The van der Waals surface area contributed by atoms with E-state index in [2.05, 4.69) is 41.4 Å². The molecule has 0 bridgehead atoms. The monoisotopic (exact) mass is 352 g/mol. The van der Waals surface area contributed by atoms with Crippen LogP contribution in [-0.4, -0.2) is 48.9 Å². The van der Waals surface area contributed by atoms with Gasteiger partial charge in [-0.05, 0) is 56.3 Å². The minimum atomic E-state index is -0.175. The molecule has 1 saturated heterocycles. The van der Waals surface area contributed by atoms with Crippen molar-refractivity contribution in [1.82, 2.24) is 15.1 Å². The molecular formula is C21H28N4O. The second-order valence-electron chi connectivity index (χ2n) is 7.39. The molecule has 1 aliphatic heterocycles. The van der Waals surface area contributed by atoms with Crippen molar-refractivity contribution in [2.75, 3.05) is 33.2 Å². The normalized spacial score (nSPS) is 19.4. The first kappa shape index (κ1) is 18.5. The Labute approximate surface area is 156 Å². The first-order valence-corrected chi connectivity index (χ1v) is 9.54. The first-order chi connectivity index (χ1) is 12.6. The number of fused-ring (bicyclic) bond motifs is 1. The van der Waals surface area contributed by atoms with Gasteiger partial charge in [0.25, 0.3) is 5.91 Å². The van der Waals surface area contributed by atoms with Crippen LogP contribution in [-0.2, 0) is 17.6 Å². The standard InChI is InChI=1S/C21H28N4O/c1-16(18-8-7-17-5-3-4-6-19(17)13-18)23-15-20(14-22)21(26)25-11-9-24(2)10-12-25/h7-8,13,15-16,23H,3-6,9-12H2,1-2H3/b20-15-. The van der Waals surface area contributed by atoms with Crippen LogP contribution in [0.5, 0.6) is 0 Å². The van der Waals surface area contributed by atoms with Gasteiger partial charge in [0.05, 0.1) is 0 Å². The van der Waals surface area contributed by atoms with Gasteiger partial charge in [0.15, 0.2) is 0 Å². The second kappa shape index (κ2) is 8.37. The number of hydrogen-bond donors (Lipinski definition) is 1. The molecule has 5 nitrogen and oxygen atoms in total. The number of likely N-dealkylation sites (N-methyl/N-ethyl adjacent to an activating group) is 1. The van der Waals surface area contributed by atoms with Crippen molar-refractivity contribution in [3.8, 4) is 6.07 Å². The summed E-state index contributed by atoms with van der Waals surface area (Å²) in [5, 5.41) is 12.6. The maximum Gasteiger partial charge on any atom is 0.266 e. The van der Waals surface area contributed by atoms with E-state index in [1.54, 1.807) is 11.1 Å². The average Bonchev–Trinajstić information content (AvgIpc) is 2.68. The lowest BCUT2D eigenvalue weighted by atomic mass is 9.89. The van der Waals surface area contributed by atoms with Gasteiger partial charge in [0, 0.05) is 38.4 Å². The third-order valence-corrected chi connectivity index (χ3v) is 5.49. The maximum atomic E-state index is 12.6. The largest absolute Gasteiger partial charge is 0.383 e. The highest BCUT2D eigenvalue weighted by Crippen LogP contribution is 2.24. The van der Waals surface area contributed by atoms with Crippen LogP contribution in [0, 0.1) is 11.3 Å². The number of hydrogen-bond acceptors (Lipinski definition) is 4. The zero-order valence-corrected chi connectivity index (χ0v) is 15.8. The predicted molar refractivity (Wildman–Crippen MR) is 102 cm³/mol. The Hall–Kier alpha value is -2.32. The summed E-state index contributed by atoms with van der Waals surface area (Å²) in [5.74, 6) is -0.175. The Morgan fingerprint density at radius 3 is 2.58 bits per heavy atom. The Balaban J connectivity index is 1.65. The molecule has 1 heterocycles. The van der Waals surface area contributed by atoms with E-state index in [0.717, 1.165) is 19.5 Å². The number of nitrogens with zero attached hydrogens (tertiary/aromatic N) is 3. The van der Waals surface area contributed by atoms with Crippen molar-refractivity contribution in [3.63, 3.8) is 0 Å². The molecule has 0 spiro atoms. The lowest BCUT2D eigenvalue weighted by Gasteiger charge is -2.32. The van der Waals surface area contributed by atoms with Crippen LogP contribution in [0.25, 0.3) is 0 Å². The molecule has 1 aromatic rings. The van der Waals surface area contributed by atoms with Crippen LogP contribution in [0.2, 0.25) is 0 Å². The minimum Gasteiger partial charge on any atom is -0.383 e. The van der Waals surface area contributed by atoms with E-state index < -0.39 is 0 Å². The highest BCUT2D eigenvalue weighted by Gasteiger charge is 2.22. The lowest BCUT2D eigenvalue weighted by Crippen LogP contribution is -2.47. The molecule has 1 aromatic carbocycles. The van der Waals surface area contributed by atoms with E-state index in [1.165, 1.54) is 36.0 Å². The van der Waals surface area contributed by atoms with Gasteiger partial charge in [0.2, 0.25) is 0 Å². The summed E-state index contributed by atoms with van der Waals surface area (Å²) in [7, 11) is 2.05. The fourth-order valence-electron chi connectivity index (χ4n) is 3.65. The number of piperazine rings is 1. The van der Waals surface area contributed by atoms with Crippen molar-refractivity contribution in [2.24, 2.45) is 0 Å². The Kier molecular flexibility index (Phi) is 5.95. The SMILES string of the molecule is CC(N/C=C(/C#N)C(=O)N1CCN(C)CC1)c1ccc2c(c1)CCCC2. The minimum absolute atomic E-state index is 0.0610. The van der Waals surface area contributed by atoms with Gasteiger partial charge in [-0.1, -0.05) is 18.2 Å². The summed E-state index contributed by atoms with van der Waals surface area (Å²) in [5.41, 5.74) is 4.29. The van der Waals surface area contributed by atoms with Crippen molar-refractivity contribution in [1.29, 1.82) is 5.26 Å². The predicted octanol–water partition coefficient (Wildman–Crippen LogP) is 2.40. The number of rotatable bonds is 4.